The van der Waals surface area contributed by atoms with Crippen LogP contribution in [0.4, 0.5) is 5.82 Å². The summed E-state index contributed by atoms with van der Waals surface area (Å²) in [6.07, 6.45) is 3.53. The summed E-state index contributed by atoms with van der Waals surface area (Å²) in [4.78, 5) is 12.4. The number of hydrogen-bond donors (Lipinski definition) is 2. The van der Waals surface area contributed by atoms with E-state index in [9.17, 15) is 4.79 Å². The Morgan fingerprint density at radius 1 is 1.03 bits per heavy atom. The molecule has 9 nitrogen and oxygen atoms in total. The van der Waals surface area contributed by atoms with Crippen LogP contribution in [0.25, 0.3) is 11.5 Å². The lowest BCUT2D eigenvalue weighted by Crippen LogP contribution is -2.29. The number of anilines is 1. The maximum absolute atomic E-state index is 12.4. The Morgan fingerprint density at radius 2 is 1.93 bits per heavy atom. The smallest absolute Gasteiger partial charge is 0.251 e. The first-order valence-corrected chi connectivity index (χ1v) is 9.60. The molecule has 0 atom stereocenters. The van der Waals surface area contributed by atoms with Gasteiger partial charge in [0.1, 0.15) is 5.82 Å². The van der Waals surface area contributed by atoms with E-state index in [0.717, 1.165) is 17.1 Å². The lowest BCUT2D eigenvalue weighted by Gasteiger charge is -2.09. The second-order valence-electron chi connectivity index (χ2n) is 6.80. The van der Waals surface area contributed by atoms with Crippen LogP contribution in [-0.4, -0.2) is 48.8 Å². The molecule has 1 aromatic carbocycles. The normalized spacial score (nSPS) is 10.7. The zero-order valence-corrected chi connectivity index (χ0v) is 16.8. The van der Waals surface area contributed by atoms with Crippen molar-refractivity contribution in [3.63, 3.8) is 0 Å². The Labute approximate surface area is 173 Å². The largest absolute Gasteiger partial charge is 0.367 e. The lowest BCUT2D eigenvalue weighted by atomic mass is 10.2. The first-order valence-electron chi connectivity index (χ1n) is 9.60. The molecule has 0 aliphatic carbocycles. The van der Waals surface area contributed by atoms with E-state index < -0.39 is 0 Å². The van der Waals surface area contributed by atoms with E-state index in [1.807, 2.05) is 56.4 Å². The molecular weight excluding hydrogens is 380 g/mol. The Hall–Kier alpha value is -4.01. The fourth-order valence-corrected chi connectivity index (χ4v) is 3.07. The van der Waals surface area contributed by atoms with E-state index in [1.54, 1.807) is 27.7 Å². The van der Waals surface area contributed by atoms with Crippen LogP contribution in [-0.2, 0) is 0 Å². The molecule has 3 aromatic heterocycles. The SMILES string of the molecule is Cc1cc(C)n(-c2ccc(NCCNC(=O)c3cccc(-n4cccn4)c3)nn2)n1. The fourth-order valence-electron chi connectivity index (χ4n) is 3.07. The highest BCUT2D eigenvalue weighted by Crippen LogP contribution is 2.11. The predicted molar refractivity (Wildman–Crippen MR) is 113 cm³/mol. The average molecular weight is 402 g/mol. The molecule has 0 bridgehead atoms. The first-order chi connectivity index (χ1) is 14.6. The molecule has 0 aliphatic rings. The Kier molecular flexibility index (Phi) is 5.51. The molecule has 0 fully saturated rings. The third kappa shape index (κ3) is 4.35. The van der Waals surface area contributed by atoms with Crippen molar-refractivity contribution in [1.29, 1.82) is 0 Å². The standard InChI is InChI=1S/C21H22N8O/c1-15-13-16(2)29(27-15)20-8-7-19(25-26-20)22-10-11-23-21(30)17-5-3-6-18(14-17)28-12-4-9-24-28/h3-9,12-14H,10-11H2,1-2H3,(H,22,25)(H,23,30). The monoisotopic (exact) mass is 402 g/mol. The van der Waals surface area contributed by atoms with Crippen LogP contribution in [0.2, 0.25) is 0 Å². The Morgan fingerprint density at radius 3 is 2.63 bits per heavy atom. The predicted octanol–water partition coefficient (Wildman–Crippen LogP) is 2.31. The van der Waals surface area contributed by atoms with Crippen LogP contribution < -0.4 is 10.6 Å². The zero-order chi connectivity index (χ0) is 20.9. The number of carbonyl (C=O) groups is 1. The highest BCUT2D eigenvalue weighted by Gasteiger charge is 2.08. The van der Waals surface area contributed by atoms with E-state index >= 15 is 0 Å². The third-order valence-corrected chi connectivity index (χ3v) is 4.47. The van der Waals surface area contributed by atoms with Crippen molar-refractivity contribution in [2.24, 2.45) is 0 Å². The summed E-state index contributed by atoms with van der Waals surface area (Å²) < 4.78 is 3.47. The third-order valence-electron chi connectivity index (χ3n) is 4.47. The molecule has 0 saturated carbocycles. The van der Waals surface area contributed by atoms with Gasteiger partial charge in [-0.05, 0) is 56.3 Å². The van der Waals surface area contributed by atoms with Crippen LogP contribution in [0.15, 0.2) is 60.9 Å². The minimum absolute atomic E-state index is 0.142. The van der Waals surface area contributed by atoms with Crippen LogP contribution >= 0.6 is 0 Å². The number of amides is 1. The quantitative estimate of drug-likeness (QED) is 0.460. The molecule has 152 valence electrons. The van der Waals surface area contributed by atoms with Gasteiger partial charge in [-0.25, -0.2) is 9.36 Å². The van der Waals surface area contributed by atoms with Crippen molar-refractivity contribution < 1.29 is 4.79 Å². The molecule has 0 unspecified atom stereocenters. The minimum atomic E-state index is -0.142. The van der Waals surface area contributed by atoms with Gasteiger partial charge < -0.3 is 10.6 Å². The van der Waals surface area contributed by atoms with Crippen molar-refractivity contribution in [1.82, 2.24) is 35.1 Å². The first kappa shape index (κ1) is 19.3. The van der Waals surface area contributed by atoms with Crippen LogP contribution in [0.5, 0.6) is 0 Å². The van der Waals surface area contributed by atoms with Crippen molar-refractivity contribution in [2.45, 2.75) is 13.8 Å². The number of nitrogens with zero attached hydrogens (tertiary/aromatic N) is 6. The molecule has 0 spiro atoms. The molecular formula is C21H22N8O. The summed E-state index contributed by atoms with van der Waals surface area (Å²) in [6, 6.07) is 14.8. The van der Waals surface area contributed by atoms with Gasteiger partial charge in [0.05, 0.1) is 11.4 Å². The molecule has 1 amide bonds. The molecule has 4 rings (SSSR count). The molecule has 30 heavy (non-hydrogen) atoms. The van der Waals surface area contributed by atoms with Gasteiger partial charge in [0, 0.05) is 36.7 Å². The fraction of sp³-hybridized carbons (Fsp3) is 0.190. The van der Waals surface area contributed by atoms with Crippen LogP contribution in [0.3, 0.4) is 0 Å². The van der Waals surface area contributed by atoms with Gasteiger partial charge in [0.25, 0.3) is 5.91 Å². The summed E-state index contributed by atoms with van der Waals surface area (Å²) in [5.74, 6) is 1.16. The van der Waals surface area contributed by atoms with E-state index in [4.69, 9.17) is 0 Å². The number of aromatic nitrogens is 6. The molecule has 0 aliphatic heterocycles. The molecule has 2 N–H and O–H groups in total. The van der Waals surface area contributed by atoms with Gasteiger partial charge in [-0.3, -0.25) is 4.79 Å². The zero-order valence-electron chi connectivity index (χ0n) is 16.8. The summed E-state index contributed by atoms with van der Waals surface area (Å²) in [5, 5.41) is 23.0. The molecule has 3 heterocycles. The van der Waals surface area contributed by atoms with E-state index in [1.165, 1.54) is 0 Å². The van der Waals surface area contributed by atoms with Gasteiger partial charge in [-0.15, -0.1) is 10.2 Å². The average Bonchev–Trinajstić information content (AvgIpc) is 3.41. The Balaban J connectivity index is 1.28. The highest BCUT2D eigenvalue weighted by molar-refractivity contribution is 5.94. The highest BCUT2D eigenvalue weighted by atomic mass is 16.1. The molecule has 0 radical (unpaired) electrons. The van der Waals surface area contributed by atoms with Crippen molar-refractivity contribution in [2.75, 3.05) is 18.4 Å². The van der Waals surface area contributed by atoms with Gasteiger partial charge in [-0.2, -0.15) is 10.2 Å². The molecule has 4 aromatic rings. The second kappa shape index (κ2) is 8.56. The summed E-state index contributed by atoms with van der Waals surface area (Å²) in [7, 11) is 0. The number of rotatable bonds is 7. The number of carbonyl (C=O) groups excluding carboxylic acids is 1. The number of nitrogens with one attached hydrogen (secondary N) is 2. The minimum Gasteiger partial charge on any atom is -0.367 e. The van der Waals surface area contributed by atoms with Crippen molar-refractivity contribution in [3.05, 3.63) is 77.9 Å². The van der Waals surface area contributed by atoms with Crippen LogP contribution in [0, 0.1) is 13.8 Å². The van der Waals surface area contributed by atoms with E-state index in [2.05, 4.69) is 31.0 Å². The number of benzene rings is 1. The number of aryl methyl sites for hydroxylation is 2. The van der Waals surface area contributed by atoms with Gasteiger partial charge >= 0.3 is 0 Å². The van der Waals surface area contributed by atoms with E-state index in [-0.39, 0.29) is 5.91 Å². The second-order valence-corrected chi connectivity index (χ2v) is 6.80. The summed E-state index contributed by atoms with van der Waals surface area (Å²) in [6.45, 7) is 4.89. The topological polar surface area (TPSA) is 103 Å². The Bertz CT molecular complexity index is 1130. The lowest BCUT2D eigenvalue weighted by molar-refractivity contribution is 0.0955. The molecule has 9 heteroatoms. The summed E-state index contributed by atoms with van der Waals surface area (Å²) in [5.41, 5.74) is 3.35. The van der Waals surface area contributed by atoms with Crippen LogP contribution in [0.1, 0.15) is 21.7 Å². The van der Waals surface area contributed by atoms with Gasteiger partial charge in [-0.1, -0.05) is 6.07 Å². The maximum Gasteiger partial charge on any atom is 0.251 e. The van der Waals surface area contributed by atoms with E-state index in [0.29, 0.717) is 30.3 Å². The maximum atomic E-state index is 12.4. The van der Waals surface area contributed by atoms with Crippen molar-refractivity contribution >= 4 is 11.7 Å². The van der Waals surface area contributed by atoms with Gasteiger partial charge in [0.2, 0.25) is 0 Å². The summed E-state index contributed by atoms with van der Waals surface area (Å²) >= 11 is 0. The van der Waals surface area contributed by atoms with Crippen molar-refractivity contribution in [3.8, 4) is 11.5 Å². The molecule has 0 saturated heterocycles. The van der Waals surface area contributed by atoms with Gasteiger partial charge in [0.15, 0.2) is 5.82 Å². The number of hydrogen-bond acceptors (Lipinski definition) is 6.